The smallest absolute Gasteiger partial charge is 0.0777 e. The van der Waals surface area contributed by atoms with E-state index in [1.54, 1.807) is 0 Å². The molecular weight excluding hydrogens is 238 g/mol. The monoisotopic (exact) mass is 265 g/mol. The molecule has 1 aromatic heterocycles. The van der Waals surface area contributed by atoms with E-state index in [1.807, 2.05) is 0 Å². The summed E-state index contributed by atoms with van der Waals surface area (Å²) in [6.07, 6.45) is 5.06. The van der Waals surface area contributed by atoms with Crippen LogP contribution in [0.1, 0.15) is 56.6 Å². The number of aromatic nitrogens is 2. The van der Waals surface area contributed by atoms with E-state index in [0.717, 1.165) is 45.3 Å². The van der Waals surface area contributed by atoms with Gasteiger partial charge in [-0.15, -0.1) is 0 Å². The average molecular weight is 265 g/mol. The fraction of sp³-hybridized carbons (Fsp3) is 0.800. The lowest BCUT2D eigenvalue weighted by Crippen LogP contribution is -2.22. The maximum absolute atomic E-state index is 6.15. The van der Waals surface area contributed by atoms with Crippen molar-refractivity contribution < 1.29 is 4.74 Å². The van der Waals surface area contributed by atoms with Crippen LogP contribution in [0.5, 0.6) is 0 Å². The van der Waals surface area contributed by atoms with Crippen molar-refractivity contribution in [3.8, 4) is 0 Å². The molecule has 0 amide bonds. The first-order valence-corrected chi connectivity index (χ1v) is 7.63. The van der Waals surface area contributed by atoms with Crippen molar-refractivity contribution in [3.05, 3.63) is 17.0 Å². The van der Waals surface area contributed by atoms with E-state index >= 15 is 0 Å². The van der Waals surface area contributed by atoms with Gasteiger partial charge in [0.2, 0.25) is 0 Å². The van der Waals surface area contributed by atoms with Gasteiger partial charge in [-0.2, -0.15) is 5.10 Å². The summed E-state index contributed by atoms with van der Waals surface area (Å²) < 4.78 is 7.74. The third-order valence-corrected chi connectivity index (χ3v) is 4.11. The molecule has 0 spiro atoms. The molecule has 2 N–H and O–H groups in total. The minimum atomic E-state index is 0.244. The summed E-state index contributed by atoms with van der Waals surface area (Å²) in [5.74, 6) is 0. The van der Waals surface area contributed by atoms with Crippen molar-refractivity contribution in [1.82, 2.24) is 9.78 Å². The van der Waals surface area contributed by atoms with Crippen molar-refractivity contribution in [2.45, 2.75) is 65.0 Å². The van der Waals surface area contributed by atoms with Crippen LogP contribution in [0.3, 0.4) is 0 Å². The molecule has 0 bridgehead atoms. The molecule has 19 heavy (non-hydrogen) atoms. The Morgan fingerprint density at radius 3 is 2.68 bits per heavy atom. The van der Waals surface area contributed by atoms with Gasteiger partial charge in [-0.25, -0.2) is 0 Å². The van der Waals surface area contributed by atoms with Crippen molar-refractivity contribution >= 4 is 0 Å². The standard InChI is InChI=1S/C15H27N3O/c1-4-11(16)9-13-14(5-2)17-18(15(13)6-3)12-7-8-19-10-12/h11-12H,4-10,16H2,1-3H3. The Balaban J connectivity index is 2.33. The van der Waals surface area contributed by atoms with Crippen molar-refractivity contribution in [1.29, 1.82) is 0 Å². The predicted octanol–water partition coefficient (Wildman–Crippen LogP) is 2.25. The molecule has 4 nitrogen and oxygen atoms in total. The Bertz CT molecular complexity index is 408. The molecule has 1 saturated heterocycles. The Hall–Kier alpha value is -0.870. The highest BCUT2D eigenvalue weighted by atomic mass is 16.5. The van der Waals surface area contributed by atoms with Gasteiger partial charge in [-0.1, -0.05) is 20.8 Å². The van der Waals surface area contributed by atoms with E-state index in [4.69, 9.17) is 15.6 Å². The molecule has 2 rings (SSSR count). The minimum absolute atomic E-state index is 0.244. The first-order chi connectivity index (χ1) is 9.21. The number of nitrogens with two attached hydrogens (primary N) is 1. The molecule has 0 radical (unpaired) electrons. The maximum Gasteiger partial charge on any atom is 0.0777 e. The van der Waals surface area contributed by atoms with Gasteiger partial charge < -0.3 is 10.5 Å². The SMILES string of the molecule is CCc1nn(C2CCOC2)c(CC)c1CC(N)CC. The zero-order chi connectivity index (χ0) is 13.8. The summed E-state index contributed by atoms with van der Waals surface area (Å²) in [6, 6.07) is 0.667. The van der Waals surface area contributed by atoms with Crippen LogP contribution >= 0.6 is 0 Å². The first-order valence-electron chi connectivity index (χ1n) is 7.63. The van der Waals surface area contributed by atoms with Gasteiger partial charge in [-0.05, 0) is 37.7 Å². The second kappa shape index (κ2) is 6.53. The van der Waals surface area contributed by atoms with Gasteiger partial charge in [0.15, 0.2) is 0 Å². The Labute approximate surface area is 116 Å². The van der Waals surface area contributed by atoms with Crippen LogP contribution in [0.2, 0.25) is 0 Å². The number of nitrogens with zero attached hydrogens (tertiary/aromatic N) is 2. The summed E-state index contributed by atoms with van der Waals surface area (Å²) in [5, 5.41) is 4.85. The van der Waals surface area contributed by atoms with Crippen LogP contribution in [0.4, 0.5) is 0 Å². The largest absolute Gasteiger partial charge is 0.379 e. The molecule has 108 valence electrons. The number of hydrogen-bond donors (Lipinski definition) is 1. The molecule has 1 aliphatic rings. The molecule has 4 heteroatoms. The van der Waals surface area contributed by atoms with E-state index in [2.05, 4.69) is 25.5 Å². The van der Waals surface area contributed by atoms with E-state index in [9.17, 15) is 0 Å². The van der Waals surface area contributed by atoms with E-state index in [-0.39, 0.29) is 6.04 Å². The van der Waals surface area contributed by atoms with E-state index in [1.165, 1.54) is 17.0 Å². The van der Waals surface area contributed by atoms with Gasteiger partial charge in [0, 0.05) is 18.3 Å². The molecule has 0 saturated carbocycles. The molecule has 1 fully saturated rings. The van der Waals surface area contributed by atoms with Crippen LogP contribution in [-0.2, 0) is 24.0 Å². The number of hydrogen-bond acceptors (Lipinski definition) is 3. The summed E-state index contributed by atoms with van der Waals surface area (Å²) in [4.78, 5) is 0. The van der Waals surface area contributed by atoms with Crippen molar-refractivity contribution in [3.63, 3.8) is 0 Å². The van der Waals surface area contributed by atoms with Crippen molar-refractivity contribution in [2.24, 2.45) is 5.73 Å². The average Bonchev–Trinajstić information content (AvgIpc) is 3.05. The lowest BCUT2D eigenvalue weighted by atomic mass is 10.00. The first kappa shape index (κ1) is 14.5. The van der Waals surface area contributed by atoms with Crippen LogP contribution in [-0.4, -0.2) is 29.0 Å². The van der Waals surface area contributed by atoms with Crippen molar-refractivity contribution in [2.75, 3.05) is 13.2 Å². The maximum atomic E-state index is 6.15. The van der Waals surface area contributed by atoms with Gasteiger partial charge in [-0.3, -0.25) is 4.68 Å². The van der Waals surface area contributed by atoms with Crippen LogP contribution < -0.4 is 5.73 Å². The molecule has 0 aromatic carbocycles. The Morgan fingerprint density at radius 1 is 1.37 bits per heavy atom. The lowest BCUT2D eigenvalue weighted by molar-refractivity contribution is 0.184. The van der Waals surface area contributed by atoms with Gasteiger partial charge in [0.1, 0.15) is 0 Å². The molecule has 1 aliphatic heterocycles. The number of ether oxygens (including phenoxy) is 1. The highest BCUT2D eigenvalue weighted by molar-refractivity contribution is 5.28. The summed E-state index contributed by atoms with van der Waals surface area (Å²) in [7, 11) is 0. The second-order valence-corrected chi connectivity index (χ2v) is 5.41. The summed E-state index contributed by atoms with van der Waals surface area (Å²) in [6.45, 7) is 8.20. The van der Waals surface area contributed by atoms with Gasteiger partial charge in [0.05, 0.1) is 18.3 Å². The molecule has 2 heterocycles. The third kappa shape index (κ3) is 3.00. The van der Waals surface area contributed by atoms with Crippen LogP contribution in [0.15, 0.2) is 0 Å². The summed E-state index contributed by atoms with van der Waals surface area (Å²) in [5.41, 5.74) is 10.1. The Kier molecular flexibility index (Phi) is 4.99. The van der Waals surface area contributed by atoms with Gasteiger partial charge in [0.25, 0.3) is 0 Å². The molecule has 2 unspecified atom stereocenters. The second-order valence-electron chi connectivity index (χ2n) is 5.41. The quantitative estimate of drug-likeness (QED) is 0.858. The molecule has 0 aliphatic carbocycles. The highest BCUT2D eigenvalue weighted by Gasteiger charge is 2.24. The Morgan fingerprint density at radius 2 is 2.16 bits per heavy atom. The van der Waals surface area contributed by atoms with E-state index in [0.29, 0.717) is 6.04 Å². The fourth-order valence-electron chi connectivity index (χ4n) is 2.87. The fourth-order valence-corrected chi connectivity index (χ4v) is 2.87. The van der Waals surface area contributed by atoms with E-state index < -0.39 is 0 Å². The minimum Gasteiger partial charge on any atom is -0.379 e. The zero-order valence-electron chi connectivity index (χ0n) is 12.5. The molecular formula is C15H27N3O. The zero-order valence-corrected chi connectivity index (χ0v) is 12.5. The normalized spacial score (nSPS) is 20.9. The summed E-state index contributed by atoms with van der Waals surface area (Å²) >= 11 is 0. The predicted molar refractivity (Wildman–Crippen MR) is 77.4 cm³/mol. The number of rotatable bonds is 6. The lowest BCUT2D eigenvalue weighted by Gasteiger charge is -2.14. The molecule has 1 aromatic rings. The highest BCUT2D eigenvalue weighted by Crippen LogP contribution is 2.26. The number of aryl methyl sites for hydroxylation is 1. The van der Waals surface area contributed by atoms with Gasteiger partial charge >= 0.3 is 0 Å². The topological polar surface area (TPSA) is 53.1 Å². The molecule has 2 atom stereocenters. The third-order valence-electron chi connectivity index (χ3n) is 4.11. The van der Waals surface area contributed by atoms with Crippen LogP contribution in [0.25, 0.3) is 0 Å². The van der Waals surface area contributed by atoms with Crippen LogP contribution in [0, 0.1) is 0 Å².